The van der Waals surface area contributed by atoms with E-state index in [1.165, 1.54) is 6.42 Å². The van der Waals surface area contributed by atoms with Gasteiger partial charge in [0.25, 0.3) is 0 Å². The zero-order valence-corrected chi connectivity index (χ0v) is 16.7. The van der Waals surface area contributed by atoms with Crippen LogP contribution < -0.4 is 5.32 Å². The highest BCUT2D eigenvalue weighted by Crippen LogP contribution is 2.58. The molecule has 7 heteroatoms. The minimum Gasteiger partial charge on any atom is -0.394 e. The van der Waals surface area contributed by atoms with E-state index in [2.05, 4.69) is 11.4 Å². The number of carbonyl (C=O) groups excluding carboxylic acids is 1. The number of nitrogens with zero attached hydrogens (tertiary/aromatic N) is 2. The summed E-state index contributed by atoms with van der Waals surface area (Å²) in [4.78, 5) is 14.5. The molecule has 0 aromatic rings. The van der Waals surface area contributed by atoms with Crippen molar-refractivity contribution >= 4 is 5.91 Å². The summed E-state index contributed by atoms with van der Waals surface area (Å²) in [7, 11) is 0. The molecule has 1 saturated heterocycles. The maximum absolute atomic E-state index is 12.7. The number of hydrogen-bond acceptors (Lipinski definition) is 6. The van der Waals surface area contributed by atoms with Crippen LogP contribution in [0.3, 0.4) is 0 Å². The topological polar surface area (TPSA) is 94.8 Å². The fourth-order valence-electron chi connectivity index (χ4n) is 6.60. The van der Waals surface area contributed by atoms with Crippen LogP contribution in [0, 0.1) is 23.2 Å². The van der Waals surface area contributed by atoms with Crippen LogP contribution in [0.4, 0.5) is 0 Å². The lowest BCUT2D eigenvalue weighted by Crippen LogP contribution is -2.66. The first-order valence-electron chi connectivity index (χ1n) is 10.8. The first kappa shape index (κ1) is 20.1. The van der Waals surface area contributed by atoms with E-state index in [0.29, 0.717) is 44.7 Å². The third-order valence-corrected chi connectivity index (χ3v) is 7.22. The average molecular weight is 392 g/mol. The Morgan fingerprint density at radius 2 is 2.00 bits per heavy atom. The summed E-state index contributed by atoms with van der Waals surface area (Å²) in [6.07, 6.45) is 8.46. The Kier molecular flexibility index (Phi) is 5.93. The SMILES string of the molecule is N#C[C@@H]1CCCN1C(=O)CNC12CC3C[C@@H](C1)CC(OCCOCCO)(C3)C2. The minimum atomic E-state index is -0.251. The Labute approximate surface area is 167 Å². The van der Waals surface area contributed by atoms with Gasteiger partial charge >= 0.3 is 0 Å². The third kappa shape index (κ3) is 4.06. The summed E-state index contributed by atoms with van der Waals surface area (Å²) in [6.45, 7) is 2.51. The highest BCUT2D eigenvalue weighted by molar-refractivity contribution is 5.79. The number of aliphatic hydroxyl groups excluding tert-OH is 1. The van der Waals surface area contributed by atoms with Crippen molar-refractivity contribution in [2.24, 2.45) is 11.8 Å². The molecular weight excluding hydrogens is 358 g/mol. The molecule has 0 radical (unpaired) electrons. The Bertz CT molecular complexity index is 605. The van der Waals surface area contributed by atoms with Crippen molar-refractivity contribution in [1.82, 2.24) is 10.2 Å². The van der Waals surface area contributed by atoms with Crippen molar-refractivity contribution in [3.05, 3.63) is 0 Å². The molecule has 1 amide bonds. The lowest BCUT2D eigenvalue weighted by molar-refractivity contribution is -0.182. The normalized spacial score (nSPS) is 38.7. The Morgan fingerprint density at radius 3 is 2.71 bits per heavy atom. The first-order chi connectivity index (χ1) is 13.6. The quantitative estimate of drug-likeness (QED) is 0.574. The summed E-state index contributed by atoms with van der Waals surface area (Å²) in [6, 6.07) is 2.01. The van der Waals surface area contributed by atoms with Crippen molar-refractivity contribution in [2.45, 2.75) is 68.5 Å². The van der Waals surface area contributed by atoms with Crippen LogP contribution in [-0.2, 0) is 14.3 Å². The average Bonchev–Trinajstić information content (AvgIpc) is 3.14. The number of rotatable bonds is 9. The number of nitriles is 1. The van der Waals surface area contributed by atoms with E-state index in [0.717, 1.165) is 44.9 Å². The standard InChI is InChI=1S/C21H33N3O4/c22-13-18-2-1-3-24(18)19(26)14-23-20-9-16-8-17(10-20)12-21(11-16,15-20)28-7-6-27-5-4-25/h16-18,23,25H,1-12,14-15H2/t16-,17?,18-,20?,21?/m0/s1. The van der Waals surface area contributed by atoms with E-state index >= 15 is 0 Å². The molecule has 2 N–H and O–H groups in total. The first-order valence-corrected chi connectivity index (χ1v) is 10.8. The van der Waals surface area contributed by atoms with E-state index < -0.39 is 0 Å². The largest absolute Gasteiger partial charge is 0.394 e. The molecular formula is C21H33N3O4. The fraction of sp³-hybridized carbons (Fsp3) is 0.905. The van der Waals surface area contributed by atoms with Crippen LogP contribution in [0.25, 0.3) is 0 Å². The lowest BCUT2D eigenvalue weighted by atomic mass is 9.51. The molecule has 0 aromatic carbocycles. The molecule has 0 aromatic heterocycles. The molecule has 4 saturated carbocycles. The van der Waals surface area contributed by atoms with E-state index in [-0.39, 0.29) is 29.7 Å². The lowest BCUT2D eigenvalue weighted by Gasteiger charge is -2.62. The highest BCUT2D eigenvalue weighted by Gasteiger charge is 2.58. The molecule has 7 nitrogen and oxygen atoms in total. The molecule has 5 atom stereocenters. The number of ether oxygens (including phenoxy) is 2. The van der Waals surface area contributed by atoms with Crippen molar-refractivity contribution < 1.29 is 19.4 Å². The van der Waals surface area contributed by atoms with Gasteiger partial charge < -0.3 is 24.8 Å². The monoisotopic (exact) mass is 391 g/mol. The molecule has 5 rings (SSSR count). The van der Waals surface area contributed by atoms with E-state index in [1.54, 1.807) is 4.90 Å². The third-order valence-electron chi connectivity index (χ3n) is 7.22. The van der Waals surface area contributed by atoms with Gasteiger partial charge in [0.1, 0.15) is 6.04 Å². The van der Waals surface area contributed by atoms with Crippen LogP contribution in [-0.4, -0.2) is 72.6 Å². The van der Waals surface area contributed by atoms with Crippen molar-refractivity contribution in [3.8, 4) is 6.07 Å². The number of hydrogen-bond donors (Lipinski definition) is 2. The van der Waals surface area contributed by atoms with Crippen molar-refractivity contribution in [3.63, 3.8) is 0 Å². The van der Waals surface area contributed by atoms with Crippen LogP contribution >= 0.6 is 0 Å². The smallest absolute Gasteiger partial charge is 0.237 e. The van der Waals surface area contributed by atoms with E-state index in [9.17, 15) is 10.1 Å². The van der Waals surface area contributed by atoms with E-state index in [4.69, 9.17) is 14.6 Å². The summed E-state index contributed by atoms with van der Waals surface area (Å²) >= 11 is 0. The van der Waals surface area contributed by atoms with Gasteiger partial charge in [0.15, 0.2) is 0 Å². The minimum absolute atomic E-state index is 0.00639. The number of nitrogens with one attached hydrogen (secondary N) is 1. The molecule has 3 unspecified atom stereocenters. The van der Waals surface area contributed by atoms with Gasteiger partial charge in [-0.25, -0.2) is 0 Å². The molecule has 0 spiro atoms. The van der Waals surface area contributed by atoms with Crippen molar-refractivity contribution in [2.75, 3.05) is 39.5 Å². The summed E-state index contributed by atoms with van der Waals surface area (Å²) in [5.41, 5.74) is -0.0981. The number of amides is 1. The van der Waals surface area contributed by atoms with Gasteiger partial charge in [-0.2, -0.15) is 5.26 Å². The number of likely N-dealkylation sites (tertiary alicyclic amines) is 1. The molecule has 4 bridgehead atoms. The molecule has 28 heavy (non-hydrogen) atoms. The Balaban J connectivity index is 1.35. The summed E-state index contributed by atoms with van der Waals surface area (Å²) in [5.74, 6) is 1.40. The second-order valence-corrected chi connectivity index (χ2v) is 9.34. The fourth-order valence-corrected chi connectivity index (χ4v) is 6.60. The van der Waals surface area contributed by atoms with Crippen molar-refractivity contribution in [1.29, 1.82) is 5.26 Å². The molecule has 5 fully saturated rings. The maximum Gasteiger partial charge on any atom is 0.237 e. The van der Waals surface area contributed by atoms with Gasteiger partial charge in [-0.3, -0.25) is 4.79 Å². The van der Waals surface area contributed by atoms with Gasteiger partial charge in [0.05, 0.1) is 44.6 Å². The number of carbonyl (C=O) groups is 1. The van der Waals surface area contributed by atoms with Gasteiger partial charge in [-0.05, 0) is 63.2 Å². The summed E-state index contributed by atoms with van der Waals surface area (Å²) < 4.78 is 11.7. The van der Waals surface area contributed by atoms with Gasteiger partial charge in [-0.1, -0.05) is 0 Å². The Hall–Kier alpha value is -1.20. The number of aliphatic hydroxyl groups is 1. The van der Waals surface area contributed by atoms with Crippen LogP contribution in [0.2, 0.25) is 0 Å². The van der Waals surface area contributed by atoms with Gasteiger partial charge in [0.2, 0.25) is 5.91 Å². The molecule has 1 aliphatic heterocycles. The van der Waals surface area contributed by atoms with Crippen LogP contribution in [0.5, 0.6) is 0 Å². The highest BCUT2D eigenvalue weighted by atomic mass is 16.5. The predicted molar refractivity (Wildman–Crippen MR) is 102 cm³/mol. The van der Waals surface area contributed by atoms with Gasteiger partial charge in [-0.15, -0.1) is 0 Å². The van der Waals surface area contributed by atoms with E-state index in [1.807, 2.05) is 0 Å². The Morgan fingerprint density at radius 1 is 1.21 bits per heavy atom. The van der Waals surface area contributed by atoms with Crippen LogP contribution in [0.15, 0.2) is 0 Å². The zero-order chi connectivity index (χ0) is 19.6. The second-order valence-electron chi connectivity index (χ2n) is 9.34. The molecule has 156 valence electrons. The molecule has 5 aliphatic rings. The second kappa shape index (κ2) is 8.27. The maximum atomic E-state index is 12.7. The molecule has 1 heterocycles. The summed E-state index contributed by atoms with van der Waals surface area (Å²) in [5, 5.41) is 21.7. The van der Waals surface area contributed by atoms with Crippen LogP contribution in [0.1, 0.15) is 51.4 Å². The predicted octanol–water partition coefficient (Wildman–Crippen LogP) is 1.21. The molecule has 4 aliphatic carbocycles. The van der Waals surface area contributed by atoms with Gasteiger partial charge in [0, 0.05) is 12.1 Å². The zero-order valence-electron chi connectivity index (χ0n) is 16.7.